The van der Waals surface area contributed by atoms with Crippen molar-refractivity contribution in [3.8, 4) is 11.5 Å². The van der Waals surface area contributed by atoms with Gasteiger partial charge in [-0.05, 0) is 61.9 Å². The number of alkyl halides is 3. The van der Waals surface area contributed by atoms with Crippen LogP contribution in [0.3, 0.4) is 0 Å². The molecule has 35 heavy (non-hydrogen) atoms. The van der Waals surface area contributed by atoms with Gasteiger partial charge in [-0.2, -0.15) is 0 Å². The molecule has 5 nitrogen and oxygen atoms in total. The van der Waals surface area contributed by atoms with Crippen molar-refractivity contribution in [1.29, 1.82) is 0 Å². The molecule has 0 radical (unpaired) electrons. The molecule has 0 saturated heterocycles. The Balaban J connectivity index is 1.79. The summed E-state index contributed by atoms with van der Waals surface area (Å²) in [6.45, 7) is 4.61. The minimum Gasteiger partial charge on any atom is -0.491 e. The van der Waals surface area contributed by atoms with E-state index in [9.17, 15) is 22.4 Å². The monoisotopic (exact) mass is 534 g/mol. The summed E-state index contributed by atoms with van der Waals surface area (Å²) in [5.74, 6) is -1.02. The summed E-state index contributed by atoms with van der Waals surface area (Å²) in [4.78, 5) is 14.2. The molecular formula is C24H27ClF4N2O3S. The molecule has 2 aromatic carbocycles. The molecule has 1 fully saturated rings. The van der Waals surface area contributed by atoms with E-state index in [1.807, 2.05) is 18.7 Å². The van der Waals surface area contributed by atoms with Crippen LogP contribution in [0, 0.1) is 5.82 Å². The third kappa shape index (κ3) is 7.10. The lowest BCUT2D eigenvalue weighted by atomic mass is 10.0. The van der Waals surface area contributed by atoms with Gasteiger partial charge in [-0.3, -0.25) is 9.52 Å². The molecule has 0 spiro atoms. The number of halogens is 5. The maximum Gasteiger partial charge on any atom is 0.573 e. The fourth-order valence-corrected chi connectivity index (χ4v) is 4.38. The van der Waals surface area contributed by atoms with Gasteiger partial charge < -0.3 is 14.4 Å². The van der Waals surface area contributed by atoms with Crippen LogP contribution in [0.1, 0.15) is 54.9 Å². The average Bonchev–Trinajstić information content (AvgIpc) is 3.62. The van der Waals surface area contributed by atoms with Crippen LogP contribution in [0.5, 0.6) is 11.5 Å². The van der Waals surface area contributed by atoms with Crippen LogP contribution in [0.25, 0.3) is 0 Å². The SMILES string of the molecule is CCC(COc1cc(F)c(C(=O)NSC)cc1C1CC1)N(CC)c1ccc(OC(F)(F)F)c(Cl)c1. The Morgan fingerprint density at radius 3 is 2.49 bits per heavy atom. The highest BCUT2D eigenvalue weighted by molar-refractivity contribution is 7.97. The van der Waals surface area contributed by atoms with E-state index in [1.54, 1.807) is 12.3 Å². The number of nitrogens with one attached hydrogen (secondary N) is 1. The third-order valence-corrected chi connectivity index (χ3v) is 6.40. The molecule has 1 amide bonds. The van der Waals surface area contributed by atoms with Gasteiger partial charge in [0.2, 0.25) is 0 Å². The van der Waals surface area contributed by atoms with Crippen LogP contribution in [0.4, 0.5) is 23.2 Å². The predicted octanol–water partition coefficient (Wildman–Crippen LogP) is 6.95. The minimum atomic E-state index is -4.84. The van der Waals surface area contributed by atoms with Gasteiger partial charge in [-0.15, -0.1) is 13.2 Å². The fraction of sp³-hybridized carbons (Fsp3) is 0.458. The summed E-state index contributed by atoms with van der Waals surface area (Å²) in [6, 6.07) is 6.76. The molecule has 2 aromatic rings. The second kappa shape index (κ2) is 11.6. The summed E-state index contributed by atoms with van der Waals surface area (Å²) < 4.78 is 65.0. The molecule has 1 N–H and O–H groups in total. The van der Waals surface area contributed by atoms with E-state index in [-0.39, 0.29) is 29.2 Å². The second-order valence-electron chi connectivity index (χ2n) is 8.10. The highest BCUT2D eigenvalue weighted by Crippen LogP contribution is 2.45. The first-order valence-electron chi connectivity index (χ1n) is 11.2. The van der Waals surface area contributed by atoms with Crippen LogP contribution < -0.4 is 19.1 Å². The van der Waals surface area contributed by atoms with Gasteiger partial charge >= 0.3 is 6.36 Å². The van der Waals surface area contributed by atoms with Gasteiger partial charge in [0.1, 0.15) is 23.9 Å². The average molecular weight is 535 g/mol. The van der Waals surface area contributed by atoms with Crippen molar-refractivity contribution in [2.24, 2.45) is 0 Å². The van der Waals surface area contributed by atoms with Crippen molar-refractivity contribution in [2.45, 2.75) is 51.4 Å². The molecule has 3 rings (SSSR count). The summed E-state index contributed by atoms with van der Waals surface area (Å²) in [5.41, 5.74) is 1.39. The molecule has 1 unspecified atom stereocenters. The molecule has 0 heterocycles. The molecule has 1 saturated carbocycles. The summed E-state index contributed by atoms with van der Waals surface area (Å²) >= 11 is 7.14. The topological polar surface area (TPSA) is 50.8 Å². The number of likely N-dealkylation sites (N-methyl/N-ethyl adjacent to an activating group) is 1. The second-order valence-corrected chi connectivity index (χ2v) is 9.12. The molecule has 1 aliphatic carbocycles. The van der Waals surface area contributed by atoms with Crippen LogP contribution in [-0.4, -0.2) is 37.7 Å². The van der Waals surface area contributed by atoms with E-state index in [0.29, 0.717) is 24.4 Å². The third-order valence-electron chi connectivity index (χ3n) is 5.71. The Morgan fingerprint density at radius 2 is 1.94 bits per heavy atom. The van der Waals surface area contributed by atoms with Gasteiger partial charge in [0, 0.05) is 24.6 Å². The molecule has 0 aromatic heterocycles. The zero-order valence-corrected chi connectivity index (χ0v) is 21.1. The minimum absolute atomic E-state index is 0.0216. The lowest BCUT2D eigenvalue weighted by Gasteiger charge is -2.32. The Hall–Kier alpha value is -2.33. The van der Waals surface area contributed by atoms with E-state index in [4.69, 9.17) is 16.3 Å². The van der Waals surface area contributed by atoms with E-state index >= 15 is 0 Å². The Morgan fingerprint density at radius 1 is 1.23 bits per heavy atom. The van der Waals surface area contributed by atoms with E-state index < -0.39 is 23.8 Å². The number of carbonyl (C=O) groups is 1. The summed E-state index contributed by atoms with van der Waals surface area (Å²) in [7, 11) is 0. The summed E-state index contributed by atoms with van der Waals surface area (Å²) in [5, 5.41) is -0.161. The number of amides is 1. The number of hydrogen-bond acceptors (Lipinski definition) is 5. The number of anilines is 1. The maximum absolute atomic E-state index is 14.7. The van der Waals surface area contributed by atoms with Crippen molar-refractivity contribution in [3.05, 3.63) is 52.3 Å². The van der Waals surface area contributed by atoms with Crippen molar-refractivity contribution in [3.63, 3.8) is 0 Å². The van der Waals surface area contributed by atoms with Crippen LogP contribution in [0.15, 0.2) is 30.3 Å². The van der Waals surface area contributed by atoms with Crippen molar-refractivity contribution in [1.82, 2.24) is 4.72 Å². The van der Waals surface area contributed by atoms with Crippen molar-refractivity contribution in [2.75, 3.05) is 24.3 Å². The summed E-state index contributed by atoms with van der Waals surface area (Å²) in [6.07, 6.45) is -0.621. The Bertz CT molecular complexity index is 1050. The Labute approximate surface area is 211 Å². The van der Waals surface area contributed by atoms with Gasteiger partial charge in [0.05, 0.1) is 16.6 Å². The van der Waals surface area contributed by atoms with Gasteiger partial charge in [0.15, 0.2) is 0 Å². The first kappa shape index (κ1) is 27.3. The zero-order chi connectivity index (χ0) is 25.8. The number of nitrogens with zero attached hydrogens (tertiary/aromatic N) is 1. The molecule has 192 valence electrons. The first-order valence-corrected chi connectivity index (χ1v) is 12.8. The number of hydrogen-bond donors (Lipinski definition) is 1. The highest BCUT2D eigenvalue weighted by Gasteiger charge is 2.33. The number of ether oxygens (including phenoxy) is 2. The number of carbonyl (C=O) groups excluding carboxylic acids is 1. The van der Waals surface area contributed by atoms with Crippen LogP contribution >= 0.6 is 23.5 Å². The van der Waals surface area contributed by atoms with Crippen molar-refractivity contribution >= 4 is 35.1 Å². The maximum atomic E-state index is 14.7. The van der Waals surface area contributed by atoms with E-state index in [1.165, 1.54) is 24.3 Å². The molecular weight excluding hydrogens is 508 g/mol. The quantitative estimate of drug-likeness (QED) is 0.250. The van der Waals surface area contributed by atoms with E-state index in [2.05, 4.69) is 9.46 Å². The smallest absolute Gasteiger partial charge is 0.491 e. The molecule has 0 aliphatic heterocycles. The highest BCUT2D eigenvalue weighted by atomic mass is 35.5. The molecule has 1 aliphatic rings. The fourth-order valence-electron chi connectivity index (χ4n) is 3.87. The molecule has 1 atom stereocenters. The van der Waals surface area contributed by atoms with Crippen molar-refractivity contribution < 1.29 is 31.8 Å². The first-order chi connectivity index (χ1) is 16.6. The van der Waals surface area contributed by atoms with Gasteiger partial charge in [-0.25, -0.2) is 4.39 Å². The molecule has 0 bridgehead atoms. The predicted molar refractivity (Wildman–Crippen MR) is 130 cm³/mol. The standard InChI is InChI=1S/C24H27ClF4N2O3S/c1-4-15(31(5-2)16-8-9-21(19(25)10-16)34-24(27,28)29)13-33-22-12-20(26)18(23(32)30-35-3)11-17(22)14-6-7-14/h8-12,14-15H,4-7,13H2,1-3H3,(H,30,32). The lowest BCUT2D eigenvalue weighted by molar-refractivity contribution is -0.274. The number of rotatable bonds is 11. The zero-order valence-electron chi connectivity index (χ0n) is 19.5. The van der Waals surface area contributed by atoms with Crippen LogP contribution in [0.2, 0.25) is 5.02 Å². The molecule has 11 heteroatoms. The van der Waals surface area contributed by atoms with Gasteiger partial charge in [0.25, 0.3) is 5.91 Å². The Kier molecular flexibility index (Phi) is 9.04. The number of benzene rings is 2. The van der Waals surface area contributed by atoms with Gasteiger partial charge in [-0.1, -0.05) is 30.5 Å². The normalized spacial score (nSPS) is 14.4. The van der Waals surface area contributed by atoms with Crippen LogP contribution in [-0.2, 0) is 0 Å². The van der Waals surface area contributed by atoms with E-state index in [0.717, 1.165) is 30.4 Å². The lowest BCUT2D eigenvalue weighted by Crippen LogP contribution is -2.39. The largest absolute Gasteiger partial charge is 0.573 e.